The summed E-state index contributed by atoms with van der Waals surface area (Å²) in [6, 6.07) is 0. The normalized spacial score (nSPS) is 12.4. The van der Waals surface area contributed by atoms with Crippen molar-refractivity contribution in [2.24, 2.45) is 0 Å². The number of rotatable bonds is 10. The number of carbonyl (C=O) groups is 1. The first kappa shape index (κ1) is 15.9. The van der Waals surface area contributed by atoms with E-state index < -0.39 is 6.10 Å². The first-order valence-electron chi connectivity index (χ1n) is 6.10. The number of ether oxygens (including phenoxy) is 1. The molecule has 1 N–H and O–H groups in total. The molecule has 0 aromatic carbocycles. The summed E-state index contributed by atoms with van der Waals surface area (Å²) in [4.78, 5) is 11.1. The Bertz CT molecular complexity index is 174. The Morgan fingerprint density at radius 3 is 2.50 bits per heavy atom. The van der Waals surface area contributed by atoms with Crippen molar-refractivity contribution in [2.75, 3.05) is 11.9 Å². The van der Waals surface area contributed by atoms with Crippen LogP contribution in [0.3, 0.4) is 0 Å². The molecule has 96 valence electrons. The molecule has 16 heavy (non-hydrogen) atoms. The lowest BCUT2D eigenvalue weighted by Gasteiger charge is -2.07. The lowest BCUT2D eigenvalue weighted by atomic mass is 10.1. The van der Waals surface area contributed by atoms with Crippen LogP contribution < -0.4 is 0 Å². The molecular formula is C12H23BrO3. The molecule has 0 rings (SSSR count). The topological polar surface area (TPSA) is 46.5 Å². The van der Waals surface area contributed by atoms with Gasteiger partial charge in [-0.15, -0.1) is 0 Å². The predicted molar refractivity (Wildman–Crippen MR) is 68.8 cm³/mol. The Morgan fingerprint density at radius 2 is 1.88 bits per heavy atom. The molecule has 0 aliphatic heterocycles. The van der Waals surface area contributed by atoms with Gasteiger partial charge < -0.3 is 9.84 Å². The van der Waals surface area contributed by atoms with Crippen LogP contribution in [0.15, 0.2) is 0 Å². The van der Waals surface area contributed by atoms with Crippen LogP contribution in [-0.4, -0.2) is 29.1 Å². The van der Waals surface area contributed by atoms with E-state index in [0.717, 1.165) is 12.8 Å². The van der Waals surface area contributed by atoms with Gasteiger partial charge in [0.05, 0.1) is 19.1 Å². The second-order valence-electron chi connectivity index (χ2n) is 4.00. The largest absolute Gasteiger partial charge is 0.466 e. The molecule has 0 aromatic heterocycles. The minimum absolute atomic E-state index is 0.0844. The van der Waals surface area contributed by atoms with E-state index in [1.807, 2.05) is 0 Å². The number of unbranched alkanes of at least 4 members (excludes halogenated alkanes) is 5. The van der Waals surface area contributed by atoms with Crippen LogP contribution in [0.1, 0.15) is 51.9 Å². The SMILES string of the molecule is CCCCCCCCOC(=O)C[C@@H](O)CBr. The monoisotopic (exact) mass is 294 g/mol. The van der Waals surface area contributed by atoms with Gasteiger partial charge in [0, 0.05) is 5.33 Å². The number of aliphatic hydroxyl groups is 1. The molecule has 3 nitrogen and oxygen atoms in total. The lowest BCUT2D eigenvalue weighted by Crippen LogP contribution is -2.17. The fourth-order valence-corrected chi connectivity index (χ4v) is 1.60. The van der Waals surface area contributed by atoms with Crippen molar-refractivity contribution in [3.05, 3.63) is 0 Å². The molecule has 0 aromatic rings. The Morgan fingerprint density at radius 1 is 1.25 bits per heavy atom. The first-order chi connectivity index (χ1) is 7.70. The predicted octanol–water partition coefficient (Wildman–Crippen LogP) is 3.04. The molecular weight excluding hydrogens is 272 g/mol. The third kappa shape index (κ3) is 10.4. The second-order valence-corrected chi connectivity index (χ2v) is 4.65. The zero-order chi connectivity index (χ0) is 12.2. The van der Waals surface area contributed by atoms with Crippen LogP contribution in [0.5, 0.6) is 0 Å². The van der Waals surface area contributed by atoms with Crippen molar-refractivity contribution in [3.63, 3.8) is 0 Å². The molecule has 0 fully saturated rings. The highest BCUT2D eigenvalue weighted by atomic mass is 79.9. The van der Waals surface area contributed by atoms with Gasteiger partial charge in [-0.1, -0.05) is 55.0 Å². The summed E-state index contributed by atoms with van der Waals surface area (Å²) in [5.41, 5.74) is 0. The van der Waals surface area contributed by atoms with Gasteiger partial charge in [0.25, 0.3) is 0 Å². The maximum atomic E-state index is 11.1. The average molecular weight is 295 g/mol. The molecule has 0 heterocycles. The summed E-state index contributed by atoms with van der Waals surface area (Å²) in [6.45, 7) is 2.68. The summed E-state index contributed by atoms with van der Waals surface area (Å²) in [5, 5.41) is 9.60. The van der Waals surface area contributed by atoms with E-state index in [9.17, 15) is 9.90 Å². The zero-order valence-electron chi connectivity index (χ0n) is 10.1. The Kier molecular flexibility index (Phi) is 11.3. The maximum Gasteiger partial charge on any atom is 0.308 e. The van der Waals surface area contributed by atoms with E-state index in [1.165, 1.54) is 25.7 Å². The quantitative estimate of drug-likeness (QED) is 0.383. The molecule has 0 saturated carbocycles. The molecule has 0 aliphatic rings. The summed E-state index contributed by atoms with van der Waals surface area (Å²) in [5.74, 6) is -0.305. The third-order valence-corrected chi connectivity index (χ3v) is 3.09. The summed E-state index contributed by atoms with van der Waals surface area (Å²) in [6.07, 6.45) is 6.53. The minimum Gasteiger partial charge on any atom is -0.466 e. The van der Waals surface area contributed by atoms with Gasteiger partial charge in [0.1, 0.15) is 0 Å². The van der Waals surface area contributed by atoms with Crippen molar-refractivity contribution in [2.45, 2.75) is 58.0 Å². The highest BCUT2D eigenvalue weighted by Gasteiger charge is 2.09. The van der Waals surface area contributed by atoms with Crippen LogP contribution >= 0.6 is 15.9 Å². The molecule has 0 saturated heterocycles. The van der Waals surface area contributed by atoms with E-state index in [1.54, 1.807) is 0 Å². The number of hydrogen-bond donors (Lipinski definition) is 1. The fraction of sp³-hybridized carbons (Fsp3) is 0.917. The maximum absolute atomic E-state index is 11.1. The highest BCUT2D eigenvalue weighted by Crippen LogP contribution is 2.05. The van der Waals surface area contributed by atoms with Crippen molar-refractivity contribution in [1.29, 1.82) is 0 Å². The van der Waals surface area contributed by atoms with E-state index in [4.69, 9.17) is 4.74 Å². The van der Waals surface area contributed by atoms with Gasteiger partial charge in [-0.05, 0) is 6.42 Å². The first-order valence-corrected chi connectivity index (χ1v) is 7.22. The van der Waals surface area contributed by atoms with E-state index in [-0.39, 0.29) is 12.4 Å². The van der Waals surface area contributed by atoms with Crippen LogP contribution in [0, 0.1) is 0 Å². The molecule has 0 amide bonds. The highest BCUT2D eigenvalue weighted by molar-refractivity contribution is 9.09. The third-order valence-electron chi connectivity index (χ3n) is 2.34. The van der Waals surface area contributed by atoms with Gasteiger partial charge in [-0.25, -0.2) is 0 Å². The lowest BCUT2D eigenvalue weighted by molar-refractivity contribution is -0.145. The fourth-order valence-electron chi connectivity index (χ4n) is 1.37. The van der Waals surface area contributed by atoms with Gasteiger partial charge >= 0.3 is 5.97 Å². The Hall–Kier alpha value is -0.0900. The number of alkyl halides is 1. The van der Waals surface area contributed by atoms with Crippen LogP contribution in [0.25, 0.3) is 0 Å². The molecule has 0 radical (unpaired) electrons. The Balaban J connectivity index is 3.21. The van der Waals surface area contributed by atoms with Crippen molar-refractivity contribution in [1.82, 2.24) is 0 Å². The average Bonchev–Trinajstić information content (AvgIpc) is 2.27. The molecule has 0 aliphatic carbocycles. The molecule has 4 heteroatoms. The molecule has 1 atom stereocenters. The summed E-state index contributed by atoms with van der Waals surface area (Å²) in [7, 11) is 0. The van der Waals surface area contributed by atoms with Crippen molar-refractivity contribution in [3.8, 4) is 0 Å². The smallest absolute Gasteiger partial charge is 0.308 e. The standard InChI is InChI=1S/C12H23BrO3/c1-2-3-4-5-6-7-8-16-12(15)9-11(14)10-13/h11,14H,2-10H2,1H3/t11-/m1/s1. The minimum atomic E-state index is -0.628. The summed E-state index contributed by atoms with van der Waals surface area (Å²) < 4.78 is 5.00. The van der Waals surface area contributed by atoms with E-state index >= 15 is 0 Å². The molecule has 0 bridgehead atoms. The van der Waals surface area contributed by atoms with Crippen LogP contribution in [-0.2, 0) is 9.53 Å². The molecule has 0 unspecified atom stereocenters. The van der Waals surface area contributed by atoms with Crippen LogP contribution in [0.4, 0.5) is 0 Å². The number of aliphatic hydroxyl groups excluding tert-OH is 1. The second kappa shape index (κ2) is 11.4. The number of halogens is 1. The van der Waals surface area contributed by atoms with E-state index in [0.29, 0.717) is 11.9 Å². The number of hydrogen-bond acceptors (Lipinski definition) is 3. The Labute approximate surface area is 107 Å². The van der Waals surface area contributed by atoms with Crippen LogP contribution in [0.2, 0.25) is 0 Å². The van der Waals surface area contributed by atoms with Gasteiger partial charge in [-0.3, -0.25) is 4.79 Å². The number of carbonyl (C=O) groups excluding carboxylic acids is 1. The van der Waals surface area contributed by atoms with Gasteiger partial charge in [0.2, 0.25) is 0 Å². The summed E-state index contributed by atoms with van der Waals surface area (Å²) >= 11 is 3.10. The molecule has 0 spiro atoms. The van der Waals surface area contributed by atoms with E-state index in [2.05, 4.69) is 22.9 Å². The zero-order valence-corrected chi connectivity index (χ0v) is 11.7. The van der Waals surface area contributed by atoms with Gasteiger partial charge in [0.15, 0.2) is 0 Å². The van der Waals surface area contributed by atoms with Gasteiger partial charge in [-0.2, -0.15) is 0 Å². The number of esters is 1. The van der Waals surface area contributed by atoms with Crippen molar-refractivity contribution >= 4 is 21.9 Å². The van der Waals surface area contributed by atoms with Crippen molar-refractivity contribution < 1.29 is 14.6 Å².